The first-order valence-electron chi connectivity index (χ1n) is 5.01. The largest absolute Gasteiger partial charge is 0.504 e. The molecule has 6 heteroatoms. The molecule has 0 radical (unpaired) electrons. The monoisotopic (exact) mass is 281 g/mol. The molecule has 0 unspecified atom stereocenters. The molecule has 0 atom stereocenters. The number of H-pyrrole nitrogens is 1. The summed E-state index contributed by atoms with van der Waals surface area (Å²) in [6.07, 6.45) is 0. The van der Waals surface area contributed by atoms with Crippen LogP contribution in [-0.4, -0.2) is 22.3 Å². The van der Waals surface area contributed by atoms with Gasteiger partial charge in [0, 0.05) is 0 Å². The highest BCUT2D eigenvalue weighted by Gasteiger charge is 2.12. The lowest BCUT2D eigenvalue weighted by Crippen LogP contribution is -1.88. The van der Waals surface area contributed by atoms with Gasteiger partial charge in [0.2, 0.25) is 5.88 Å². The summed E-state index contributed by atoms with van der Waals surface area (Å²) in [6, 6.07) is 4.87. The molecule has 0 aliphatic rings. The Morgan fingerprint density at radius 3 is 2.72 bits per heavy atom. The van der Waals surface area contributed by atoms with Crippen LogP contribution in [0, 0.1) is 3.95 Å². The fourth-order valence-corrected chi connectivity index (χ4v) is 2.59. The van der Waals surface area contributed by atoms with Crippen molar-refractivity contribution in [2.24, 2.45) is 0 Å². The maximum atomic E-state index is 9.69. The molecule has 0 spiro atoms. The first-order valence-corrected chi connectivity index (χ1v) is 6.24. The lowest BCUT2D eigenvalue weighted by Gasteiger charge is -2.08. The number of thiazole rings is 1. The van der Waals surface area contributed by atoms with Crippen LogP contribution in [0.3, 0.4) is 0 Å². The summed E-state index contributed by atoms with van der Waals surface area (Å²) in [5, 5.41) is 19.2. The van der Waals surface area contributed by atoms with Crippen LogP contribution < -0.4 is 4.74 Å². The number of aromatic hydroxyl groups is 2. The van der Waals surface area contributed by atoms with Crippen LogP contribution in [-0.2, 0) is 0 Å². The second-order valence-corrected chi connectivity index (χ2v) is 5.24. The molecule has 3 N–H and O–H groups in total. The molecule has 0 amide bonds. The number of rotatable bonds is 3. The summed E-state index contributed by atoms with van der Waals surface area (Å²) in [5.41, 5.74) is 1.35. The average Bonchev–Trinajstić information content (AvgIpc) is 2.68. The third-order valence-corrected chi connectivity index (χ3v) is 3.72. The van der Waals surface area contributed by atoms with Gasteiger partial charge >= 0.3 is 0 Å². The molecule has 0 aliphatic carbocycles. The van der Waals surface area contributed by atoms with E-state index < -0.39 is 0 Å². The van der Waals surface area contributed by atoms with E-state index in [0.29, 0.717) is 20.2 Å². The van der Waals surface area contributed by atoms with Gasteiger partial charge < -0.3 is 19.9 Å². The lowest BCUT2D eigenvalue weighted by molar-refractivity contribution is 0.373. The van der Waals surface area contributed by atoms with Gasteiger partial charge in [-0.05, 0) is 35.5 Å². The summed E-state index contributed by atoms with van der Waals surface area (Å²) in [6.45, 7) is 3.92. The number of aromatic nitrogens is 1. The van der Waals surface area contributed by atoms with Crippen molar-refractivity contribution in [2.75, 3.05) is 7.11 Å². The predicted octanol–water partition coefficient (Wildman–Crippen LogP) is 3.29. The normalized spacial score (nSPS) is 10.3. The third-order valence-electron chi connectivity index (χ3n) is 2.43. The number of methoxy groups -OCH3 is 1. The van der Waals surface area contributed by atoms with E-state index >= 15 is 0 Å². The van der Waals surface area contributed by atoms with Gasteiger partial charge in [0.25, 0.3) is 0 Å². The number of hydrogen-bond donors (Lipinski definition) is 3. The van der Waals surface area contributed by atoms with E-state index in [9.17, 15) is 10.2 Å². The van der Waals surface area contributed by atoms with Gasteiger partial charge in [-0.3, -0.25) is 0 Å². The molecule has 1 aromatic heterocycles. The van der Waals surface area contributed by atoms with Gasteiger partial charge in [-0.1, -0.05) is 12.6 Å². The molecule has 1 heterocycles. The number of aromatic amines is 1. The lowest BCUT2D eigenvalue weighted by atomic mass is 10.1. The number of ether oxygens (including phenoxy) is 1. The van der Waals surface area contributed by atoms with Crippen molar-refractivity contribution < 1.29 is 14.9 Å². The average molecular weight is 281 g/mol. The SMILES string of the molecule is C=C(c1ccc(O)c(OC)c1)c1sc(=S)[nH]c1O. The minimum Gasteiger partial charge on any atom is -0.504 e. The Bertz CT molecular complexity index is 658. The van der Waals surface area contributed by atoms with Gasteiger partial charge in [-0.2, -0.15) is 0 Å². The molecule has 4 nitrogen and oxygen atoms in total. The highest BCUT2D eigenvalue weighted by Crippen LogP contribution is 2.36. The predicted molar refractivity (Wildman–Crippen MR) is 74.0 cm³/mol. The Balaban J connectivity index is 2.46. The van der Waals surface area contributed by atoms with Crippen LogP contribution in [0.15, 0.2) is 24.8 Å². The van der Waals surface area contributed by atoms with Gasteiger partial charge in [0.15, 0.2) is 15.5 Å². The Morgan fingerprint density at radius 2 is 2.17 bits per heavy atom. The molecular formula is C12H11NO3S2. The van der Waals surface area contributed by atoms with Gasteiger partial charge in [0.1, 0.15) is 0 Å². The Kier molecular flexibility index (Phi) is 3.40. The van der Waals surface area contributed by atoms with E-state index in [1.54, 1.807) is 12.1 Å². The van der Waals surface area contributed by atoms with Crippen molar-refractivity contribution in [1.82, 2.24) is 4.98 Å². The molecular weight excluding hydrogens is 270 g/mol. The van der Waals surface area contributed by atoms with Crippen LogP contribution in [0.2, 0.25) is 0 Å². The van der Waals surface area contributed by atoms with Gasteiger partial charge in [0.05, 0.1) is 12.0 Å². The second kappa shape index (κ2) is 4.83. The Morgan fingerprint density at radius 1 is 1.44 bits per heavy atom. The van der Waals surface area contributed by atoms with Crippen molar-refractivity contribution in [3.63, 3.8) is 0 Å². The van der Waals surface area contributed by atoms with E-state index in [0.717, 1.165) is 5.56 Å². The van der Waals surface area contributed by atoms with Gasteiger partial charge in [-0.25, -0.2) is 0 Å². The zero-order chi connectivity index (χ0) is 13.3. The quantitative estimate of drug-likeness (QED) is 0.755. The number of benzene rings is 1. The highest BCUT2D eigenvalue weighted by atomic mass is 32.1. The minimum atomic E-state index is 0.00189. The second-order valence-electron chi connectivity index (χ2n) is 3.56. The molecule has 0 bridgehead atoms. The molecule has 1 aromatic carbocycles. The highest BCUT2D eigenvalue weighted by molar-refractivity contribution is 7.73. The summed E-state index contributed by atoms with van der Waals surface area (Å²) >= 11 is 6.20. The molecule has 18 heavy (non-hydrogen) atoms. The van der Waals surface area contributed by atoms with E-state index in [2.05, 4.69) is 11.6 Å². The third kappa shape index (κ3) is 2.25. The molecule has 0 fully saturated rings. The number of nitrogens with one attached hydrogen (secondary N) is 1. The standard InChI is InChI=1S/C12H11NO3S2/c1-6(10-11(15)13-12(17)18-10)7-3-4-8(14)9(5-7)16-2/h3-5,14-15H,1H2,2H3,(H,13,17). The fraction of sp³-hybridized carbons (Fsp3) is 0.0833. The first-order chi connectivity index (χ1) is 8.52. The van der Waals surface area contributed by atoms with Crippen LogP contribution >= 0.6 is 23.6 Å². The van der Waals surface area contributed by atoms with Crippen molar-refractivity contribution in [3.05, 3.63) is 39.2 Å². The van der Waals surface area contributed by atoms with Crippen molar-refractivity contribution >= 4 is 29.1 Å². The molecule has 0 saturated carbocycles. The number of hydrogen-bond acceptors (Lipinski definition) is 5. The van der Waals surface area contributed by atoms with E-state index in [4.69, 9.17) is 17.0 Å². The summed E-state index contributed by atoms with van der Waals surface area (Å²) < 4.78 is 5.51. The van der Waals surface area contributed by atoms with Gasteiger partial charge in [-0.15, -0.1) is 11.3 Å². The van der Waals surface area contributed by atoms with Crippen LogP contribution in [0.4, 0.5) is 0 Å². The molecule has 2 aromatic rings. The molecule has 0 aliphatic heterocycles. The van der Waals surface area contributed by atoms with Crippen LogP contribution in [0.5, 0.6) is 17.4 Å². The molecule has 94 valence electrons. The van der Waals surface area contributed by atoms with E-state index in [1.807, 2.05) is 0 Å². The maximum absolute atomic E-state index is 9.69. The zero-order valence-electron chi connectivity index (χ0n) is 9.56. The maximum Gasteiger partial charge on any atom is 0.208 e. The number of phenolic OH excluding ortho intramolecular Hbond substituents is 1. The molecule has 2 rings (SSSR count). The van der Waals surface area contributed by atoms with Crippen molar-refractivity contribution in [1.29, 1.82) is 0 Å². The fourth-order valence-electron chi connectivity index (χ4n) is 1.52. The minimum absolute atomic E-state index is 0.00189. The Labute approximate surface area is 113 Å². The first kappa shape index (κ1) is 12.7. The zero-order valence-corrected chi connectivity index (χ0v) is 11.2. The van der Waals surface area contributed by atoms with Crippen molar-refractivity contribution in [3.8, 4) is 17.4 Å². The van der Waals surface area contributed by atoms with Crippen LogP contribution in [0.25, 0.3) is 5.57 Å². The van der Waals surface area contributed by atoms with E-state index in [1.165, 1.54) is 24.5 Å². The smallest absolute Gasteiger partial charge is 0.208 e. The van der Waals surface area contributed by atoms with E-state index in [-0.39, 0.29) is 11.6 Å². The summed E-state index contributed by atoms with van der Waals surface area (Å²) in [5.74, 6) is 0.411. The Hall–Kier alpha value is -1.79. The van der Waals surface area contributed by atoms with Crippen molar-refractivity contribution in [2.45, 2.75) is 0 Å². The topological polar surface area (TPSA) is 65.5 Å². The van der Waals surface area contributed by atoms with Crippen LogP contribution in [0.1, 0.15) is 10.4 Å². The molecule has 0 saturated heterocycles. The summed E-state index contributed by atoms with van der Waals surface area (Å²) in [7, 11) is 1.47. The number of phenols is 1. The summed E-state index contributed by atoms with van der Waals surface area (Å²) in [4.78, 5) is 3.22.